The van der Waals surface area contributed by atoms with Crippen LogP contribution in [0.3, 0.4) is 0 Å². The number of halogens is 1. The molecule has 0 radical (unpaired) electrons. The normalized spacial score (nSPS) is 10.1. The molecule has 0 fully saturated rings. The maximum atomic E-state index is 11.4. The highest BCUT2D eigenvalue weighted by molar-refractivity contribution is 6.30. The van der Waals surface area contributed by atoms with Crippen LogP contribution in [-0.4, -0.2) is 18.1 Å². The molecule has 0 aliphatic carbocycles. The molecule has 0 N–H and O–H groups in total. The van der Waals surface area contributed by atoms with Gasteiger partial charge in [0.25, 0.3) is 0 Å². The Balaban J connectivity index is 2.44. The largest absolute Gasteiger partial charge is 0.464 e. The Morgan fingerprint density at radius 1 is 1.38 bits per heavy atom. The first-order valence-electron chi connectivity index (χ1n) is 4.50. The number of esters is 1. The minimum Gasteiger partial charge on any atom is -0.464 e. The molecule has 0 saturated heterocycles. The van der Waals surface area contributed by atoms with Gasteiger partial charge in [-0.25, -0.2) is 9.78 Å². The van der Waals surface area contributed by atoms with Crippen LogP contribution < -0.4 is 0 Å². The quantitative estimate of drug-likeness (QED) is 0.754. The van der Waals surface area contributed by atoms with Crippen LogP contribution in [0, 0.1) is 0 Å². The Morgan fingerprint density at radius 3 is 2.69 bits per heavy atom. The third kappa shape index (κ3) is 1.92. The third-order valence-electron chi connectivity index (χ3n) is 2.05. The van der Waals surface area contributed by atoms with Gasteiger partial charge in [0.1, 0.15) is 0 Å². The average molecular weight is 238 g/mol. The van der Waals surface area contributed by atoms with Gasteiger partial charge >= 0.3 is 5.97 Å². The van der Waals surface area contributed by atoms with Crippen LogP contribution >= 0.6 is 11.6 Å². The van der Waals surface area contributed by atoms with E-state index in [1.165, 1.54) is 13.5 Å². The molecular formula is C11H8ClNO3. The molecule has 2 aromatic rings. The molecule has 0 bridgehead atoms. The molecular weight excluding hydrogens is 230 g/mol. The van der Waals surface area contributed by atoms with Crippen LogP contribution in [0.15, 0.2) is 35.1 Å². The zero-order chi connectivity index (χ0) is 11.5. The number of hydrogen-bond acceptors (Lipinski definition) is 4. The molecule has 1 aromatic heterocycles. The smallest absolute Gasteiger partial charge is 0.360 e. The first-order chi connectivity index (χ1) is 7.72. The van der Waals surface area contributed by atoms with Crippen molar-refractivity contribution in [1.29, 1.82) is 0 Å². The lowest BCUT2D eigenvalue weighted by atomic mass is 10.1. The van der Waals surface area contributed by atoms with Gasteiger partial charge in [0.15, 0.2) is 17.8 Å². The van der Waals surface area contributed by atoms with Gasteiger partial charge in [-0.1, -0.05) is 11.6 Å². The summed E-state index contributed by atoms with van der Waals surface area (Å²) in [6.07, 6.45) is 1.20. The van der Waals surface area contributed by atoms with E-state index in [1.54, 1.807) is 24.3 Å². The monoisotopic (exact) mass is 237 g/mol. The third-order valence-corrected chi connectivity index (χ3v) is 2.30. The fraction of sp³-hybridized carbons (Fsp3) is 0.0909. The first-order valence-corrected chi connectivity index (χ1v) is 4.88. The predicted molar refractivity (Wildman–Crippen MR) is 58.3 cm³/mol. The summed E-state index contributed by atoms with van der Waals surface area (Å²) in [6, 6.07) is 6.91. The summed E-state index contributed by atoms with van der Waals surface area (Å²) in [5.41, 5.74) is 0.882. The zero-order valence-electron chi connectivity index (χ0n) is 8.44. The summed E-state index contributed by atoms with van der Waals surface area (Å²) < 4.78 is 9.75. The van der Waals surface area contributed by atoms with E-state index in [4.69, 9.17) is 16.0 Å². The lowest BCUT2D eigenvalue weighted by Crippen LogP contribution is -2.03. The summed E-state index contributed by atoms with van der Waals surface area (Å²) in [4.78, 5) is 15.2. The standard InChI is InChI=1S/C11H8ClNO3/c1-15-11(14)9-10(16-6-13-9)7-2-4-8(12)5-3-7/h2-6H,1H3. The van der Waals surface area contributed by atoms with Gasteiger partial charge in [-0.05, 0) is 24.3 Å². The zero-order valence-corrected chi connectivity index (χ0v) is 9.19. The van der Waals surface area contributed by atoms with E-state index in [-0.39, 0.29) is 5.69 Å². The lowest BCUT2D eigenvalue weighted by Gasteiger charge is -1.99. The number of oxazole rings is 1. The molecule has 82 valence electrons. The van der Waals surface area contributed by atoms with Gasteiger partial charge in [0.05, 0.1) is 7.11 Å². The Kier molecular flexibility index (Phi) is 2.92. The number of methoxy groups -OCH3 is 1. The number of carbonyl (C=O) groups is 1. The van der Waals surface area contributed by atoms with Crippen molar-refractivity contribution in [3.63, 3.8) is 0 Å². The molecule has 2 rings (SSSR count). The van der Waals surface area contributed by atoms with E-state index in [0.717, 1.165) is 5.56 Å². The highest BCUT2D eigenvalue weighted by Crippen LogP contribution is 2.24. The molecule has 1 aromatic carbocycles. The average Bonchev–Trinajstić information content (AvgIpc) is 2.78. The predicted octanol–water partition coefficient (Wildman–Crippen LogP) is 2.78. The number of benzene rings is 1. The fourth-order valence-electron chi connectivity index (χ4n) is 1.29. The molecule has 0 unspecified atom stereocenters. The Labute approximate surface area is 96.8 Å². The van der Waals surface area contributed by atoms with Gasteiger partial charge in [-0.15, -0.1) is 0 Å². The minimum absolute atomic E-state index is 0.157. The summed E-state index contributed by atoms with van der Waals surface area (Å²) >= 11 is 5.76. The Morgan fingerprint density at radius 2 is 2.06 bits per heavy atom. The van der Waals surface area contributed by atoms with Crippen molar-refractivity contribution in [3.05, 3.63) is 41.4 Å². The SMILES string of the molecule is COC(=O)c1ncoc1-c1ccc(Cl)cc1. The fourth-order valence-corrected chi connectivity index (χ4v) is 1.42. The first kappa shape index (κ1) is 10.7. The van der Waals surface area contributed by atoms with Crippen LogP contribution in [-0.2, 0) is 4.74 Å². The van der Waals surface area contributed by atoms with Gasteiger partial charge < -0.3 is 9.15 Å². The van der Waals surface area contributed by atoms with Crippen molar-refractivity contribution in [1.82, 2.24) is 4.98 Å². The molecule has 16 heavy (non-hydrogen) atoms. The molecule has 0 aliphatic rings. The highest BCUT2D eigenvalue weighted by Gasteiger charge is 2.18. The van der Waals surface area contributed by atoms with Crippen molar-refractivity contribution in [2.75, 3.05) is 7.11 Å². The number of rotatable bonds is 2. The summed E-state index contributed by atoms with van der Waals surface area (Å²) in [5.74, 6) is -0.151. The Hall–Kier alpha value is -1.81. The molecule has 0 saturated carbocycles. The highest BCUT2D eigenvalue weighted by atomic mass is 35.5. The van der Waals surface area contributed by atoms with E-state index in [9.17, 15) is 4.79 Å². The molecule has 4 nitrogen and oxygen atoms in total. The number of aromatic nitrogens is 1. The van der Waals surface area contributed by atoms with Gasteiger partial charge in [0.2, 0.25) is 0 Å². The van der Waals surface area contributed by atoms with E-state index >= 15 is 0 Å². The topological polar surface area (TPSA) is 52.3 Å². The van der Waals surface area contributed by atoms with Crippen molar-refractivity contribution in [3.8, 4) is 11.3 Å². The van der Waals surface area contributed by atoms with E-state index in [2.05, 4.69) is 9.72 Å². The maximum Gasteiger partial charge on any atom is 0.360 e. The van der Waals surface area contributed by atoms with E-state index in [1.807, 2.05) is 0 Å². The summed E-state index contributed by atoms with van der Waals surface area (Å²) in [6.45, 7) is 0. The molecule has 1 heterocycles. The second kappa shape index (κ2) is 4.37. The summed E-state index contributed by atoms with van der Waals surface area (Å²) in [7, 11) is 1.29. The second-order valence-corrected chi connectivity index (χ2v) is 3.47. The van der Waals surface area contributed by atoms with Crippen LogP contribution in [0.25, 0.3) is 11.3 Å². The van der Waals surface area contributed by atoms with Crippen LogP contribution in [0.5, 0.6) is 0 Å². The van der Waals surface area contributed by atoms with Crippen molar-refractivity contribution in [2.45, 2.75) is 0 Å². The van der Waals surface area contributed by atoms with Gasteiger partial charge in [-0.2, -0.15) is 0 Å². The van der Waals surface area contributed by atoms with E-state index < -0.39 is 5.97 Å². The number of hydrogen-bond donors (Lipinski definition) is 0. The van der Waals surface area contributed by atoms with Crippen LogP contribution in [0.2, 0.25) is 5.02 Å². The van der Waals surface area contributed by atoms with Crippen molar-refractivity contribution < 1.29 is 13.9 Å². The molecule has 5 heteroatoms. The van der Waals surface area contributed by atoms with Crippen LogP contribution in [0.1, 0.15) is 10.5 Å². The van der Waals surface area contributed by atoms with E-state index in [0.29, 0.717) is 10.8 Å². The summed E-state index contributed by atoms with van der Waals surface area (Å²) in [5, 5.41) is 0.614. The molecule has 0 amide bonds. The Bertz CT molecular complexity index is 504. The molecule has 0 atom stereocenters. The lowest BCUT2D eigenvalue weighted by molar-refractivity contribution is 0.0595. The van der Waals surface area contributed by atoms with Crippen molar-refractivity contribution in [2.24, 2.45) is 0 Å². The van der Waals surface area contributed by atoms with Crippen LogP contribution in [0.4, 0.5) is 0 Å². The minimum atomic E-state index is -0.529. The molecule has 0 aliphatic heterocycles. The number of carbonyl (C=O) groups excluding carboxylic acids is 1. The molecule has 0 spiro atoms. The second-order valence-electron chi connectivity index (χ2n) is 3.03. The maximum absolute atomic E-state index is 11.4. The number of nitrogens with zero attached hydrogens (tertiary/aromatic N) is 1. The number of ether oxygens (including phenoxy) is 1. The van der Waals surface area contributed by atoms with Gasteiger partial charge in [0, 0.05) is 10.6 Å². The van der Waals surface area contributed by atoms with Crippen molar-refractivity contribution >= 4 is 17.6 Å². The van der Waals surface area contributed by atoms with Gasteiger partial charge in [-0.3, -0.25) is 0 Å².